The molecule has 0 bridgehead atoms. The molecular formula is C19H21NO4. The van der Waals surface area contributed by atoms with E-state index in [0.717, 1.165) is 28.4 Å². The third-order valence-electron chi connectivity index (χ3n) is 3.91. The van der Waals surface area contributed by atoms with Crippen LogP contribution in [0.1, 0.15) is 17.5 Å². The molecule has 0 saturated heterocycles. The summed E-state index contributed by atoms with van der Waals surface area (Å²) in [4.78, 5) is 12.1. The first-order valence-electron chi connectivity index (χ1n) is 8.03. The van der Waals surface area contributed by atoms with Crippen molar-refractivity contribution in [3.8, 4) is 17.2 Å². The summed E-state index contributed by atoms with van der Waals surface area (Å²) in [6.45, 7) is 1.61. The molecular weight excluding hydrogens is 306 g/mol. The number of amides is 1. The Bertz CT molecular complexity index is 714. The lowest BCUT2D eigenvalue weighted by Crippen LogP contribution is -2.23. The van der Waals surface area contributed by atoms with Crippen LogP contribution in [0.15, 0.2) is 42.5 Å². The average molecular weight is 327 g/mol. The van der Waals surface area contributed by atoms with Gasteiger partial charge in [0.05, 0.1) is 7.11 Å². The van der Waals surface area contributed by atoms with Gasteiger partial charge >= 0.3 is 0 Å². The number of benzene rings is 2. The van der Waals surface area contributed by atoms with E-state index in [1.807, 2.05) is 42.5 Å². The predicted octanol–water partition coefficient (Wildman–Crippen LogP) is 2.72. The summed E-state index contributed by atoms with van der Waals surface area (Å²) in [5, 5.41) is 2.94. The van der Waals surface area contributed by atoms with Gasteiger partial charge in [-0.3, -0.25) is 4.79 Å². The number of aryl methyl sites for hydroxylation is 1. The molecule has 0 aliphatic carbocycles. The molecule has 0 aromatic heterocycles. The highest BCUT2D eigenvalue weighted by Gasteiger charge is 2.12. The molecule has 0 unspecified atom stereocenters. The van der Waals surface area contributed by atoms with E-state index < -0.39 is 0 Å². The number of para-hydroxylation sites is 1. The summed E-state index contributed by atoms with van der Waals surface area (Å²) in [7, 11) is 1.64. The fourth-order valence-corrected chi connectivity index (χ4v) is 2.64. The second-order valence-corrected chi connectivity index (χ2v) is 5.57. The van der Waals surface area contributed by atoms with Crippen LogP contribution in [-0.2, 0) is 17.8 Å². The van der Waals surface area contributed by atoms with Gasteiger partial charge in [0.2, 0.25) is 5.91 Å². The van der Waals surface area contributed by atoms with Crippen LogP contribution in [0.4, 0.5) is 0 Å². The Morgan fingerprint density at radius 1 is 1.12 bits per heavy atom. The number of hydrogen-bond donors (Lipinski definition) is 1. The Morgan fingerprint density at radius 2 is 1.92 bits per heavy atom. The summed E-state index contributed by atoms with van der Waals surface area (Å²) in [6.07, 6.45) is 1.07. The molecule has 24 heavy (non-hydrogen) atoms. The van der Waals surface area contributed by atoms with E-state index >= 15 is 0 Å². The third kappa shape index (κ3) is 3.98. The van der Waals surface area contributed by atoms with Gasteiger partial charge in [-0.1, -0.05) is 24.3 Å². The molecule has 5 heteroatoms. The largest absolute Gasteiger partial charge is 0.496 e. The Kier molecular flexibility index (Phi) is 5.21. The standard InChI is InChI=1S/C19H21NO4/c1-22-16-5-3-2-4-15(16)7-9-19(21)20-13-14-6-8-17-18(12-14)24-11-10-23-17/h2-6,8,12H,7,9-11,13H2,1H3,(H,20,21). The fraction of sp³-hybridized carbons (Fsp3) is 0.316. The Hall–Kier alpha value is -2.69. The van der Waals surface area contributed by atoms with Gasteiger partial charge in [0.15, 0.2) is 11.5 Å². The van der Waals surface area contributed by atoms with Gasteiger partial charge in [0, 0.05) is 13.0 Å². The lowest BCUT2D eigenvalue weighted by molar-refractivity contribution is -0.121. The molecule has 126 valence electrons. The molecule has 0 saturated carbocycles. The van der Waals surface area contributed by atoms with Crippen molar-refractivity contribution in [2.75, 3.05) is 20.3 Å². The molecule has 3 rings (SSSR count). The number of rotatable bonds is 6. The molecule has 0 radical (unpaired) electrons. The number of methoxy groups -OCH3 is 1. The molecule has 1 aliphatic heterocycles. The molecule has 2 aromatic rings. The Morgan fingerprint density at radius 3 is 2.75 bits per heavy atom. The van der Waals surface area contributed by atoms with Crippen molar-refractivity contribution >= 4 is 5.91 Å². The van der Waals surface area contributed by atoms with E-state index in [-0.39, 0.29) is 5.91 Å². The highest BCUT2D eigenvalue weighted by atomic mass is 16.6. The first kappa shape index (κ1) is 16.2. The van der Waals surface area contributed by atoms with Crippen molar-refractivity contribution < 1.29 is 19.0 Å². The molecule has 1 heterocycles. The molecule has 1 amide bonds. The summed E-state index contributed by atoms with van der Waals surface area (Å²) in [5.74, 6) is 2.32. The molecule has 5 nitrogen and oxygen atoms in total. The molecule has 1 N–H and O–H groups in total. The van der Waals surface area contributed by atoms with Crippen LogP contribution < -0.4 is 19.5 Å². The smallest absolute Gasteiger partial charge is 0.220 e. The number of hydrogen-bond acceptors (Lipinski definition) is 4. The van der Waals surface area contributed by atoms with Crippen LogP contribution in [0.25, 0.3) is 0 Å². The van der Waals surface area contributed by atoms with Gasteiger partial charge in [0.25, 0.3) is 0 Å². The van der Waals surface area contributed by atoms with Crippen molar-refractivity contribution in [2.45, 2.75) is 19.4 Å². The zero-order valence-corrected chi connectivity index (χ0v) is 13.7. The Balaban J connectivity index is 1.50. The summed E-state index contributed by atoms with van der Waals surface area (Å²) >= 11 is 0. The average Bonchev–Trinajstić information content (AvgIpc) is 2.64. The second-order valence-electron chi connectivity index (χ2n) is 5.57. The lowest BCUT2D eigenvalue weighted by Gasteiger charge is -2.19. The van der Waals surface area contributed by atoms with Crippen LogP contribution in [-0.4, -0.2) is 26.2 Å². The first-order chi connectivity index (χ1) is 11.8. The zero-order valence-electron chi connectivity index (χ0n) is 13.7. The maximum absolute atomic E-state index is 12.1. The van der Waals surface area contributed by atoms with Gasteiger partial charge in [0.1, 0.15) is 19.0 Å². The highest BCUT2D eigenvalue weighted by molar-refractivity contribution is 5.76. The summed E-state index contributed by atoms with van der Waals surface area (Å²) in [6, 6.07) is 13.5. The minimum atomic E-state index is 0.01000. The van der Waals surface area contributed by atoms with Gasteiger partial charge < -0.3 is 19.5 Å². The molecule has 1 aliphatic rings. The quantitative estimate of drug-likeness (QED) is 0.886. The number of carbonyl (C=O) groups excluding carboxylic acids is 1. The van der Waals surface area contributed by atoms with E-state index in [2.05, 4.69) is 5.32 Å². The molecule has 2 aromatic carbocycles. The van der Waals surface area contributed by atoms with Crippen LogP contribution in [0.5, 0.6) is 17.2 Å². The van der Waals surface area contributed by atoms with Gasteiger partial charge in [-0.05, 0) is 35.7 Å². The maximum Gasteiger partial charge on any atom is 0.220 e. The summed E-state index contributed by atoms with van der Waals surface area (Å²) < 4.78 is 16.3. The highest BCUT2D eigenvalue weighted by Crippen LogP contribution is 2.30. The molecule has 0 spiro atoms. The van der Waals surface area contributed by atoms with Crippen LogP contribution >= 0.6 is 0 Å². The van der Waals surface area contributed by atoms with Gasteiger partial charge in [-0.25, -0.2) is 0 Å². The minimum absolute atomic E-state index is 0.01000. The monoisotopic (exact) mass is 327 g/mol. The maximum atomic E-state index is 12.1. The van der Waals surface area contributed by atoms with E-state index in [9.17, 15) is 4.79 Å². The number of fused-ring (bicyclic) bond motifs is 1. The van der Waals surface area contributed by atoms with Crippen molar-refractivity contribution in [1.29, 1.82) is 0 Å². The second kappa shape index (κ2) is 7.73. The van der Waals surface area contributed by atoms with Crippen molar-refractivity contribution in [1.82, 2.24) is 5.32 Å². The zero-order chi connectivity index (χ0) is 16.8. The van der Waals surface area contributed by atoms with Crippen molar-refractivity contribution in [2.24, 2.45) is 0 Å². The fourth-order valence-electron chi connectivity index (χ4n) is 2.64. The number of nitrogens with one attached hydrogen (secondary N) is 1. The normalized spacial score (nSPS) is 12.5. The van der Waals surface area contributed by atoms with Gasteiger partial charge in [-0.15, -0.1) is 0 Å². The van der Waals surface area contributed by atoms with Gasteiger partial charge in [-0.2, -0.15) is 0 Å². The number of ether oxygens (including phenoxy) is 3. The lowest BCUT2D eigenvalue weighted by atomic mass is 10.1. The Labute approximate surface area is 141 Å². The van der Waals surface area contributed by atoms with E-state index in [1.54, 1.807) is 7.11 Å². The van der Waals surface area contributed by atoms with Crippen molar-refractivity contribution in [3.63, 3.8) is 0 Å². The topological polar surface area (TPSA) is 56.8 Å². The molecule has 0 atom stereocenters. The minimum Gasteiger partial charge on any atom is -0.496 e. The van der Waals surface area contributed by atoms with E-state index in [0.29, 0.717) is 32.6 Å². The molecule has 0 fully saturated rings. The van der Waals surface area contributed by atoms with E-state index in [1.165, 1.54) is 0 Å². The van der Waals surface area contributed by atoms with Crippen LogP contribution in [0, 0.1) is 0 Å². The first-order valence-corrected chi connectivity index (χ1v) is 8.03. The third-order valence-corrected chi connectivity index (χ3v) is 3.91. The van der Waals surface area contributed by atoms with Crippen LogP contribution in [0.3, 0.4) is 0 Å². The SMILES string of the molecule is COc1ccccc1CCC(=O)NCc1ccc2c(c1)OCCO2. The van der Waals surface area contributed by atoms with Crippen LogP contribution in [0.2, 0.25) is 0 Å². The predicted molar refractivity (Wildman–Crippen MR) is 90.6 cm³/mol. The number of carbonyl (C=O) groups is 1. The summed E-state index contributed by atoms with van der Waals surface area (Å²) in [5.41, 5.74) is 2.03. The van der Waals surface area contributed by atoms with E-state index in [4.69, 9.17) is 14.2 Å². The van der Waals surface area contributed by atoms with Crippen molar-refractivity contribution in [3.05, 3.63) is 53.6 Å².